The molecule has 0 atom stereocenters. The van der Waals surface area contributed by atoms with Gasteiger partial charge in [-0.15, -0.1) is 10.2 Å². The molecule has 0 aliphatic carbocycles. The number of hydrogen-bond donors (Lipinski definition) is 0. The molecule has 5 nitrogen and oxygen atoms in total. The molecule has 1 aromatic heterocycles. The molecule has 0 amide bonds. The highest BCUT2D eigenvalue weighted by molar-refractivity contribution is 7.99. The molecule has 2 heterocycles. The van der Waals surface area contributed by atoms with Crippen LogP contribution in [0, 0.1) is 0 Å². The molecule has 0 spiro atoms. The van der Waals surface area contributed by atoms with Crippen LogP contribution in [-0.2, 0) is 0 Å². The Hall–Kier alpha value is -2.31. The summed E-state index contributed by atoms with van der Waals surface area (Å²) in [6, 6.07) is 20.5. The van der Waals surface area contributed by atoms with E-state index >= 15 is 0 Å². The fraction of sp³-hybridized carbons (Fsp3) is 0.300. The average Bonchev–Trinajstić information content (AvgIpc) is 3.19. The Morgan fingerprint density at radius 1 is 0.846 bits per heavy atom. The minimum absolute atomic E-state index is 0.588. The molecule has 0 unspecified atom stereocenters. The maximum absolute atomic E-state index is 5.75. The molecule has 2 aromatic carbocycles. The van der Waals surface area contributed by atoms with Gasteiger partial charge in [-0.2, -0.15) is 0 Å². The quantitative estimate of drug-likeness (QED) is 0.621. The maximum Gasteiger partial charge on any atom is 0.276 e. The SMILES string of the molecule is c1ccc(-c2nnc(SCCN3CCN(c4ccccc4)CC3)o2)cc1. The van der Waals surface area contributed by atoms with Gasteiger partial charge >= 0.3 is 0 Å². The number of nitrogens with zero attached hydrogens (tertiary/aromatic N) is 4. The smallest absolute Gasteiger partial charge is 0.276 e. The number of rotatable bonds is 6. The van der Waals surface area contributed by atoms with Crippen LogP contribution < -0.4 is 4.90 Å². The van der Waals surface area contributed by atoms with Gasteiger partial charge in [0.05, 0.1) is 0 Å². The number of aromatic nitrogens is 2. The molecule has 134 valence electrons. The predicted molar refractivity (Wildman–Crippen MR) is 106 cm³/mol. The Morgan fingerprint density at radius 2 is 1.54 bits per heavy atom. The third-order valence-corrected chi connectivity index (χ3v) is 5.35. The van der Waals surface area contributed by atoms with Crippen LogP contribution in [0.2, 0.25) is 0 Å². The van der Waals surface area contributed by atoms with Crippen molar-refractivity contribution < 1.29 is 4.42 Å². The second-order valence-electron chi connectivity index (χ2n) is 6.25. The van der Waals surface area contributed by atoms with Crippen molar-refractivity contribution in [1.29, 1.82) is 0 Å². The van der Waals surface area contributed by atoms with Gasteiger partial charge < -0.3 is 9.32 Å². The average molecular weight is 366 g/mol. The number of anilines is 1. The van der Waals surface area contributed by atoms with E-state index in [1.54, 1.807) is 11.8 Å². The van der Waals surface area contributed by atoms with Crippen LogP contribution in [0.25, 0.3) is 11.5 Å². The molecule has 0 saturated carbocycles. The zero-order valence-corrected chi connectivity index (χ0v) is 15.4. The Labute approximate surface area is 158 Å². The van der Waals surface area contributed by atoms with Crippen LogP contribution in [0.1, 0.15) is 0 Å². The van der Waals surface area contributed by atoms with Crippen molar-refractivity contribution in [2.24, 2.45) is 0 Å². The minimum atomic E-state index is 0.588. The third-order valence-electron chi connectivity index (χ3n) is 4.55. The van der Waals surface area contributed by atoms with Gasteiger partial charge in [0.1, 0.15) is 0 Å². The Morgan fingerprint density at radius 3 is 2.27 bits per heavy atom. The van der Waals surface area contributed by atoms with Gasteiger partial charge in [0.15, 0.2) is 0 Å². The monoisotopic (exact) mass is 366 g/mol. The molecule has 1 saturated heterocycles. The lowest BCUT2D eigenvalue weighted by Gasteiger charge is -2.36. The van der Waals surface area contributed by atoms with E-state index in [1.807, 2.05) is 30.3 Å². The molecule has 1 fully saturated rings. The van der Waals surface area contributed by atoms with E-state index in [0.29, 0.717) is 11.1 Å². The summed E-state index contributed by atoms with van der Waals surface area (Å²) >= 11 is 1.63. The summed E-state index contributed by atoms with van der Waals surface area (Å²) in [5, 5.41) is 8.93. The molecule has 6 heteroatoms. The second kappa shape index (κ2) is 8.38. The first-order valence-electron chi connectivity index (χ1n) is 8.92. The van der Waals surface area contributed by atoms with Crippen molar-refractivity contribution in [2.45, 2.75) is 5.22 Å². The first kappa shape index (κ1) is 17.1. The van der Waals surface area contributed by atoms with Crippen LogP contribution in [0.15, 0.2) is 70.3 Å². The first-order valence-corrected chi connectivity index (χ1v) is 9.91. The molecule has 1 aliphatic rings. The first-order chi connectivity index (χ1) is 12.9. The fourth-order valence-electron chi connectivity index (χ4n) is 3.10. The number of para-hydroxylation sites is 1. The van der Waals surface area contributed by atoms with Gasteiger partial charge in [-0.1, -0.05) is 48.2 Å². The highest BCUT2D eigenvalue weighted by Gasteiger charge is 2.17. The maximum atomic E-state index is 5.75. The topological polar surface area (TPSA) is 45.4 Å². The molecule has 0 radical (unpaired) electrons. The summed E-state index contributed by atoms with van der Waals surface area (Å²) in [6.07, 6.45) is 0. The van der Waals surface area contributed by atoms with E-state index in [2.05, 4.69) is 50.3 Å². The van der Waals surface area contributed by atoms with E-state index in [4.69, 9.17) is 4.42 Å². The molecule has 1 aliphatic heterocycles. The lowest BCUT2D eigenvalue weighted by molar-refractivity contribution is 0.273. The molecular formula is C20H22N4OS. The lowest BCUT2D eigenvalue weighted by atomic mass is 10.2. The Kier molecular flexibility index (Phi) is 5.52. The number of hydrogen-bond acceptors (Lipinski definition) is 6. The van der Waals surface area contributed by atoms with Gasteiger partial charge in [0.25, 0.3) is 5.22 Å². The van der Waals surface area contributed by atoms with Gasteiger partial charge in [0, 0.05) is 49.7 Å². The van der Waals surface area contributed by atoms with Crippen LogP contribution >= 0.6 is 11.8 Å². The molecule has 0 N–H and O–H groups in total. The van der Waals surface area contributed by atoms with Crippen molar-refractivity contribution in [3.05, 3.63) is 60.7 Å². The number of piperazine rings is 1. The van der Waals surface area contributed by atoms with E-state index in [0.717, 1.165) is 44.0 Å². The summed E-state index contributed by atoms with van der Waals surface area (Å²) < 4.78 is 5.75. The normalized spacial score (nSPS) is 15.3. The van der Waals surface area contributed by atoms with Crippen LogP contribution in [0.3, 0.4) is 0 Å². The summed E-state index contributed by atoms with van der Waals surface area (Å²) in [4.78, 5) is 4.95. The molecule has 0 bridgehead atoms. The highest BCUT2D eigenvalue weighted by atomic mass is 32.2. The lowest BCUT2D eigenvalue weighted by Crippen LogP contribution is -2.47. The van der Waals surface area contributed by atoms with Crippen molar-refractivity contribution in [3.63, 3.8) is 0 Å². The van der Waals surface area contributed by atoms with Gasteiger partial charge in [0.2, 0.25) is 5.89 Å². The van der Waals surface area contributed by atoms with Crippen molar-refractivity contribution in [2.75, 3.05) is 43.4 Å². The molecule has 3 aromatic rings. The Bertz CT molecular complexity index is 801. The predicted octanol–water partition coefficient (Wildman–Crippen LogP) is 3.65. The van der Waals surface area contributed by atoms with Gasteiger partial charge in [-0.3, -0.25) is 4.90 Å². The van der Waals surface area contributed by atoms with Crippen LogP contribution in [-0.4, -0.2) is 53.6 Å². The minimum Gasteiger partial charge on any atom is -0.411 e. The highest BCUT2D eigenvalue weighted by Crippen LogP contribution is 2.23. The van der Waals surface area contributed by atoms with Crippen molar-refractivity contribution in [1.82, 2.24) is 15.1 Å². The zero-order valence-electron chi connectivity index (χ0n) is 14.6. The van der Waals surface area contributed by atoms with Crippen molar-refractivity contribution >= 4 is 17.4 Å². The number of benzene rings is 2. The second-order valence-corrected chi connectivity index (χ2v) is 7.30. The standard InChI is InChI=1S/C20H22N4OS/c1-3-7-17(8-4-1)19-21-22-20(25-19)26-16-15-23-11-13-24(14-12-23)18-9-5-2-6-10-18/h1-10H,11-16H2. The third kappa shape index (κ3) is 4.26. The van der Waals surface area contributed by atoms with E-state index in [-0.39, 0.29) is 0 Å². The van der Waals surface area contributed by atoms with E-state index in [1.165, 1.54) is 5.69 Å². The van der Waals surface area contributed by atoms with Gasteiger partial charge in [-0.05, 0) is 24.3 Å². The van der Waals surface area contributed by atoms with Crippen LogP contribution in [0.5, 0.6) is 0 Å². The van der Waals surface area contributed by atoms with Crippen LogP contribution in [0.4, 0.5) is 5.69 Å². The molecule has 4 rings (SSSR count). The fourth-order valence-corrected chi connectivity index (χ4v) is 3.86. The van der Waals surface area contributed by atoms with E-state index in [9.17, 15) is 0 Å². The summed E-state index contributed by atoms with van der Waals surface area (Å²) in [7, 11) is 0. The van der Waals surface area contributed by atoms with Gasteiger partial charge in [-0.25, -0.2) is 0 Å². The summed E-state index contributed by atoms with van der Waals surface area (Å²) in [6.45, 7) is 5.38. The molecular weight excluding hydrogens is 344 g/mol. The zero-order chi connectivity index (χ0) is 17.6. The Balaban J connectivity index is 1.22. The summed E-state index contributed by atoms with van der Waals surface area (Å²) in [5.41, 5.74) is 2.28. The van der Waals surface area contributed by atoms with Crippen molar-refractivity contribution in [3.8, 4) is 11.5 Å². The largest absolute Gasteiger partial charge is 0.411 e. The number of thioether (sulfide) groups is 1. The van der Waals surface area contributed by atoms with E-state index < -0.39 is 0 Å². The molecule has 26 heavy (non-hydrogen) atoms. The summed E-state index contributed by atoms with van der Waals surface area (Å²) in [5.74, 6) is 1.55.